The highest BCUT2D eigenvalue weighted by molar-refractivity contribution is 5.40. The molecule has 1 aromatic carbocycles. The lowest BCUT2D eigenvalue weighted by Gasteiger charge is -2.30. The van der Waals surface area contributed by atoms with Crippen LogP contribution in [0.4, 0.5) is 0 Å². The molecule has 1 aromatic rings. The van der Waals surface area contributed by atoms with Gasteiger partial charge in [0.1, 0.15) is 11.5 Å². The molecule has 0 heterocycles. The van der Waals surface area contributed by atoms with Crippen molar-refractivity contribution in [3.05, 3.63) is 23.8 Å². The maximum absolute atomic E-state index is 9.83. The molecule has 3 N–H and O–H groups in total. The molecule has 0 saturated heterocycles. The second kappa shape index (κ2) is 5.61. The van der Waals surface area contributed by atoms with Crippen LogP contribution in [0.1, 0.15) is 51.1 Å². The van der Waals surface area contributed by atoms with Gasteiger partial charge in [0.15, 0.2) is 0 Å². The van der Waals surface area contributed by atoms with E-state index in [4.69, 9.17) is 0 Å². The van der Waals surface area contributed by atoms with Crippen molar-refractivity contribution in [3.63, 3.8) is 0 Å². The van der Waals surface area contributed by atoms with Crippen LogP contribution in [0.15, 0.2) is 18.2 Å². The van der Waals surface area contributed by atoms with Crippen molar-refractivity contribution >= 4 is 0 Å². The van der Waals surface area contributed by atoms with E-state index in [2.05, 4.69) is 19.2 Å². The number of benzene rings is 1. The molecule has 100 valence electrons. The van der Waals surface area contributed by atoms with E-state index in [1.165, 1.54) is 31.7 Å². The number of rotatable bonds is 3. The van der Waals surface area contributed by atoms with Gasteiger partial charge in [-0.25, -0.2) is 0 Å². The lowest BCUT2D eigenvalue weighted by Crippen LogP contribution is -2.34. The molecular weight excluding hydrogens is 226 g/mol. The highest BCUT2D eigenvalue weighted by Crippen LogP contribution is 2.30. The highest BCUT2D eigenvalue weighted by atomic mass is 16.3. The molecule has 3 heteroatoms. The lowest BCUT2D eigenvalue weighted by atomic mass is 9.87. The topological polar surface area (TPSA) is 52.5 Å². The summed E-state index contributed by atoms with van der Waals surface area (Å²) in [6, 6.07) is 5.47. The van der Waals surface area contributed by atoms with E-state index in [1.54, 1.807) is 12.1 Å². The van der Waals surface area contributed by atoms with Crippen molar-refractivity contribution in [3.8, 4) is 11.5 Å². The molecule has 1 fully saturated rings. The molecule has 3 nitrogen and oxygen atoms in total. The minimum Gasteiger partial charge on any atom is -0.508 e. The Balaban J connectivity index is 1.97. The van der Waals surface area contributed by atoms with Crippen LogP contribution in [0.25, 0.3) is 0 Å². The summed E-state index contributed by atoms with van der Waals surface area (Å²) in [6.07, 6.45) is 4.99. The van der Waals surface area contributed by atoms with Gasteiger partial charge in [-0.15, -0.1) is 0 Å². The average Bonchev–Trinajstić information content (AvgIpc) is 2.32. The molecule has 0 amide bonds. The number of hydrogen-bond acceptors (Lipinski definition) is 3. The predicted molar refractivity (Wildman–Crippen MR) is 72.7 cm³/mol. The van der Waals surface area contributed by atoms with Crippen molar-refractivity contribution in [1.82, 2.24) is 5.32 Å². The van der Waals surface area contributed by atoms with Crippen molar-refractivity contribution in [1.29, 1.82) is 0 Å². The minimum absolute atomic E-state index is 0.106. The standard InChI is InChI=1S/C15H23NO2/c1-10-3-5-12(6-4-10)16-11(2)14-8-7-13(17)9-15(14)18/h7-12,16-18H,3-6H2,1-2H3. The molecule has 0 aliphatic heterocycles. The molecule has 0 bridgehead atoms. The molecule has 0 spiro atoms. The van der Waals surface area contributed by atoms with E-state index < -0.39 is 0 Å². The number of nitrogens with one attached hydrogen (secondary N) is 1. The SMILES string of the molecule is CC1CCC(NC(C)c2ccc(O)cc2O)CC1. The van der Waals surface area contributed by atoms with E-state index in [9.17, 15) is 10.2 Å². The van der Waals surface area contributed by atoms with Gasteiger partial charge in [-0.05, 0) is 44.6 Å². The fourth-order valence-electron chi connectivity index (χ4n) is 2.77. The zero-order chi connectivity index (χ0) is 13.1. The van der Waals surface area contributed by atoms with Gasteiger partial charge in [-0.1, -0.05) is 13.0 Å². The lowest BCUT2D eigenvalue weighted by molar-refractivity contribution is 0.290. The maximum atomic E-state index is 9.83. The molecule has 1 unspecified atom stereocenters. The third kappa shape index (κ3) is 3.16. The summed E-state index contributed by atoms with van der Waals surface area (Å²) < 4.78 is 0. The zero-order valence-electron chi connectivity index (χ0n) is 11.2. The van der Waals surface area contributed by atoms with Crippen LogP contribution >= 0.6 is 0 Å². The van der Waals surface area contributed by atoms with Crippen molar-refractivity contribution in [2.45, 2.75) is 51.6 Å². The van der Waals surface area contributed by atoms with Crippen LogP contribution in [0.5, 0.6) is 11.5 Å². The molecule has 18 heavy (non-hydrogen) atoms. The molecule has 0 radical (unpaired) electrons. The summed E-state index contributed by atoms with van der Waals surface area (Å²) >= 11 is 0. The fraction of sp³-hybridized carbons (Fsp3) is 0.600. The van der Waals surface area contributed by atoms with Crippen molar-refractivity contribution in [2.24, 2.45) is 5.92 Å². The van der Waals surface area contributed by atoms with E-state index >= 15 is 0 Å². The molecular formula is C15H23NO2. The van der Waals surface area contributed by atoms with Gasteiger partial charge < -0.3 is 15.5 Å². The number of phenolic OH excluding ortho intramolecular Hbond substituents is 2. The number of aromatic hydroxyl groups is 2. The predicted octanol–water partition coefficient (Wildman–Crippen LogP) is 3.33. The maximum Gasteiger partial charge on any atom is 0.124 e. The second-order valence-corrected chi connectivity index (χ2v) is 5.59. The van der Waals surface area contributed by atoms with Crippen LogP contribution in [0.3, 0.4) is 0 Å². The fourth-order valence-corrected chi connectivity index (χ4v) is 2.77. The summed E-state index contributed by atoms with van der Waals surface area (Å²) in [5.74, 6) is 1.12. The number of hydrogen-bond donors (Lipinski definition) is 3. The monoisotopic (exact) mass is 249 g/mol. The molecule has 1 atom stereocenters. The number of phenols is 2. The highest BCUT2D eigenvalue weighted by Gasteiger charge is 2.21. The smallest absolute Gasteiger partial charge is 0.124 e. The van der Waals surface area contributed by atoms with Crippen molar-refractivity contribution in [2.75, 3.05) is 0 Å². The van der Waals surface area contributed by atoms with Gasteiger partial charge in [0.05, 0.1) is 0 Å². The summed E-state index contributed by atoms with van der Waals surface area (Å²) in [6.45, 7) is 4.37. The normalized spacial score (nSPS) is 25.9. The van der Waals surface area contributed by atoms with E-state index in [0.717, 1.165) is 11.5 Å². The largest absolute Gasteiger partial charge is 0.508 e. The third-order valence-electron chi connectivity index (χ3n) is 3.98. The summed E-state index contributed by atoms with van der Waals surface area (Å²) in [4.78, 5) is 0. The first-order valence-corrected chi connectivity index (χ1v) is 6.84. The zero-order valence-corrected chi connectivity index (χ0v) is 11.2. The molecule has 1 aliphatic rings. The van der Waals surface area contributed by atoms with Crippen LogP contribution in [-0.4, -0.2) is 16.3 Å². The van der Waals surface area contributed by atoms with Crippen molar-refractivity contribution < 1.29 is 10.2 Å². The average molecular weight is 249 g/mol. The third-order valence-corrected chi connectivity index (χ3v) is 3.98. The van der Waals surface area contributed by atoms with Crippen LogP contribution in [0.2, 0.25) is 0 Å². The van der Waals surface area contributed by atoms with Crippen LogP contribution in [-0.2, 0) is 0 Å². The summed E-state index contributed by atoms with van der Waals surface area (Å²) in [7, 11) is 0. The van der Waals surface area contributed by atoms with E-state index in [-0.39, 0.29) is 17.5 Å². The summed E-state index contributed by atoms with van der Waals surface area (Å²) in [5.41, 5.74) is 0.853. The van der Waals surface area contributed by atoms with Crippen LogP contribution < -0.4 is 5.32 Å². The minimum atomic E-state index is 0.106. The Hall–Kier alpha value is -1.22. The molecule has 0 aromatic heterocycles. The van der Waals surface area contributed by atoms with Gasteiger partial charge >= 0.3 is 0 Å². The Bertz CT molecular complexity index is 397. The summed E-state index contributed by atoms with van der Waals surface area (Å²) in [5, 5.41) is 22.7. The van der Waals surface area contributed by atoms with Crippen LogP contribution in [0, 0.1) is 5.92 Å². The van der Waals surface area contributed by atoms with Gasteiger partial charge in [-0.2, -0.15) is 0 Å². The Morgan fingerprint density at radius 2 is 1.83 bits per heavy atom. The second-order valence-electron chi connectivity index (χ2n) is 5.59. The van der Waals surface area contributed by atoms with E-state index in [1.807, 2.05) is 0 Å². The quantitative estimate of drug-likeness (QED) is 0.770. The van der Waals surface area contributed by atoms with Gasteiger partial charge in [0, 0.05) is 23.7 Å². The Labute approximate surface area is 109 Å². The first kappa shape index (κ1) is 13.2. The van der Waals surface area contributed by atoms with Gasteiger partial charge in [-0.3, -0.25) is 0 Å². The Morgan fingerprint density at radius 3 is 2.44 bits per heavy atom. The van der Waals surface area contributed by atoms with Gasteiger partial charge in [0.25, 0.3) is 0 Å². The van der Waals surface area contributed by atoms with E-state index in [0.29, 0.717) is 6.04 Å². The molecule has 1 saturated carbocycles. The Kier molecular flexibility index (Phi) is 4.12. The molecule has 2 rings (SSSR count). The van der Waals surface area contributed by atoms with Gasteiger partial charge in [0.2, 0.25) is 0 Å². The Morgan fingerprint density at radius 1 is 1.17 bits per heavy atom. The first-order chi connectivity index (χ1) is 8.56. The molecule has 1 aliphatic carbocycles. The first-order valence-electron chi connectivity index (χ1n) is 6.84.